The Bertz CT molecular complexity index is 1210. The number of pyridine rings is 1. The Kier molecular flexibility index (Phi) is 7.55. The molecule has 184 valence electrons. The van der Waals surface area contributed by atoms with Crippen LogP contribution < -0.4 is 15.4 Å². The van der Waals surface area contributed by atoms with Gasteiger partial charge in [0.2, 0.25) is 5.88 Å². The molecule has 3 N–H and O–H groups in total. The summed E-state index contributed by atoms with van der Waals surface area (Å²) in [5.74, 6) is -3.45. The number of phenols is 1. The fourth-order valence-electron chi connectivity index (χ4n) is 4.14. The van der Waals surface area contributed by atoms with E-state index in [0.717, 1.165) is 48.4 Å². The van der Waals surface area contributed by atoms with Crippen LogP contribution in [-0.2, 0) is 6.54 Å². The second-order valence-electron chi connectivity index (χ2n) is 8.72. The van der Waals surface area contributed by atoms with Crippen molar-refractivity contribution in [3.63, 3.8) is 0 Å². The molecule has 0 aliphatic heterocycles. The minimum Gasteiger partial charge on any atom is -0.508 e. The molecule has 0 saturated heterocycles. The zero-order valence-electron chi connectivity index (χ0n) is 19.2. The van der Waals surface area contributed by atoms with Gasteiger partial charge in [0, 0.05) is 30.3 Å². The highest BCUT2D eigenvalue weighted by Gasteiger charge is 2.25. The number of aromatic hydroxyl groups is 1. The van der Waals surface area contributed by atoms with Gasteiger partial charge in [0.1, 0.15) is 22.9 Å². The molecule has 1 heterocycles. The van der Waals surface area contributed by atoms with Gasteiger partial charge in [-0.1, -0.05) is 17.7 Å². The summed E-state index contributed by atoms with van der Waals surface area (Å²) >= 11 is 0. The van der Waals surface area contributed by atoms with Gasteiger partial charge in [-0.15, -0.1) is 0 Å². The maximum Gasteiger partial charge on any atom is 0.257 e. The number of carbonyl (C=O) groups excluding carboxylic acids is 1. The zero-order chi connectivity index (χ0) is 24.9. The molecule has 3 aromatic rings. The molecule has 35 heavy (non-hydrogen) atoms. The largest absolute Gasteiger partial charge is 0.508 e. The highest BCUT2D eigenvalue weighted by Crippen LogP contribution is 2.27. The van der Waals surface area contributed by atoms with Gasteiger partial charge in [0.25, 0.3) is 5.91 Å². The fraction of sp³-hybridized carbons (Fsp3) is 0.308. The number of benzene rings is 2. The van der Waals surface area contributed by atoms with Gasteiger partial charge in [-0.3, -0.25) is 4.79 Å². The van der Waals surface area contributed by atoms with E-state index in [1.165, 1.54) is 6.07 Å². The van der Waals surface area contributed by atoms with Gasteiger partial charge in [-0.05, 0) is 56.9 Å². The molecule has 1 amide bonds. The van der Waals surface area contributed by atoms with Crippen LogP contribution in [0.15, 0.2) is 48.7 Å². The Morgan fingerprint density at radius 3 is 2.51 bits per heavy atom. The predicted octanol–water partition coefficient (Wildman–Crippen LogP) is 5.14. The molecule has 2 aromatic carbocycles. The first-order valence-corrected chi connectivity index (χ1v) is 11.4. The lowest BCUT2D eigenvalue weighted by Crippen LogP contribution is -2.42. The van der Waals surface area contributed by atoms with Crippen molar-refractivity contribution in [2.24, 2.45) is 0 Å². The average Bonchev–Trinajstić information content (AvgIpc) is 2.84. The quantitative estimate of drug-likeness (QED) is 0.432. The number of halogens is 3. The first kappa shape index (κ1) is 24.5. The summed E-state index contributed by atoms with van der Waals surface area (Å²) in [5.41, 5.74) is 1.78. The van der Waals surface area contributed by atoms with E-state index in [2.05, 4.69) is 15.6 Å². The van der Waals surface area contributed by atoms with Crippen molar-refractivity contribution < 1.29 is 27.8 Å². The monoisotopic (exact) mass is 485 g/mol. The number of amides is 1. The molecule has 1 aliphatic rings. The lowest BCUT2D eigenvalue weighted by atomic mass is 9.90. The molecule has 0 radical (unpaired) electrons. The van der Waals surface area contributed by atoms with Crippen LogP contribution in [0.1, 0.15) is 47.2 Å². The molecule has 6 nitrogen and oxygen atoms in total. The highest BCUT2D eigenvalue weighted by molar-refractivity contribution is 5.96. The SMILES string of the molecule is Cc1ccc(O)c(CNC2CCC(NC(=O)c3cc(F)cnc3Oc3ccc(F)c(F)c3)CC2)c1. The Hall–Kier alpha value is -3.59. The lowest BCUT2D eigenvalue weighted by Gasteiger charge is -2.30. The molecule has 0 bridgehead atoms. The number of rotatable bonds is 7. The number of hydrogen-bond donors (Lipinski definition) is 3. The van der Waals surface area contributed by atoms with Crippen LogP contribution in [0.2, 0.25) is 0 Å². The number of hydrogen-bond acceptors (Lipinski definition) is 5. The summed E-state index contributed by atoms with van der Waals surface area (Å²) in [5, 5.41) is 16.4. The molecule has 1 aromatic heterocycles. The van der Waals surface area contributed by atoms with Gasteiger partial charge < -0.3 is 20.5 Å². The van der Waals surface area contributed by atoms with Crippen LogP contribution in [0.4, 0.5) is 13.2 Å². The van der Waals surface area contributed by atoms with Gasteiger partial charge in [-0.2, -0.15) is 0 Å². The number of carbonyl (C=O) groups is 1. The highest BCUT2D eigenvalue weighted by atomic mass is 19.2. The molecule has 1 saturated carbocycles. The van der Waals surface area contributed by atoms with Gasteiger partial charge >= 0.3 is 0 Å². The van der Waals surface area contributed by atoms with Crippen LogP contribution in [0.25, 0.3) is 0 Å². The van der Waals surface area contributed by atoms with Crippen molar-refractivity contribution in [3.8, 4) is 17.4 Å². The van der Waals surface area contributed by atoms with Crippen LogP contribution in [0, 0.1) is 24.4 Å². The second-order valence-corrected chi connectivity index (χ2v) is 8.72. The van der Waals surface area contributed by atoms with Crippen molar-refractivity contribution in [2.75, 3.05) is 0 Å². The first-order chi connectivity index (χ1) is 16.8. The number of aromatic nitrogens is 1. The second kappa shape index (κ2) is 10.8. The molecule has 0 spiro atoms. The molecule has 0 atom stereocenters. The van der Waals surface area contributed by atoms with E-state index in [1.54, 1.807) is 6.07 Å². The summed E-state index contributed by atoms with van der Waals surface area (Å²) in [6, 6.07) is 9.52. The predicted molar refractivity (Wildman–Crippen MR) is 124 cm³/mol. The first-order valence-electron chi connectivity index (χ1n) is 11.4. The van der Waals surface area contributed by atoms with Crippen molar-refractivity contribution in [2.45, 2.75) is 51.2 Å². The number of nitrogens with one attached hydrogen (secondary N) is 2. The van der Waals surface area contributed by atoms with E-state index < -0.39 is 23.4 Å². The standard InChI is InChI=1S/C26H26F3N3O3/c1-15-2-9-24(33)16(10-15)13-30-18-3-5-19(6-4-18)32-25(34)21-11-17(27)14-31-26(21)35-20-7-8-22(28)23(29)12-20/h2,7-12,14,18-19,30,33H,3-6,13H2,1H3,(H,32,34). The number of ether oxygens (including phenoxy) is 1. The summed E-state index contributed by atoms with van der Waals surface area (Å²) in [6.07, 6.45) is 3.94. The Morgan fingerprint density at radius 1 is 1.03 bits per heavy atom. The fourth-order valence-corrected chi connectivity index (χ4v) is 4.14. The average molecular weight is 486 g/mol. The van der Waals surface area contributed by atoms with Crippen molar-refractivity contribution >= 4 is 5.91 Å². The summed E-state index contributed by atoms with van der Waals surface area (Å²) in [7, 11) is 0. The Labute approximate surface area is 201 Å². The van der Waals surface area contributed by atoms with Gasteiger partial charge in [0.15, 0.2) is 11.6 Å². The number of phenolic OH excluding ortho intramolecular Hbond substituents is 1. The third-order valence-electron chi connectivity index (χ3n) is 6.05. The van der Waals surface area contributed by atoms with Crippen LogP contribution in [0.5, 0.6) is 17.4 Å². The molecule has 4 rings (SSSR count). The smallest absolute Gasteiger partial charge is 0.257 e. The maximum absolute atomic E-state index is 13.8. The van der Waals surface area contributed by atoms with E-state index in [-0.39, 0.29) is 35.0 Å². The topological polar surface area (TPSA) is 83.5 Å². The normalized spacial score (nSPS) is 17.7. The number of aryl methyl sites for hydroxylation is 1. The van der Waals surface area contributed by atoms with Crippen LogP contribution in [0.3, 0.4) is 0 Å². The van der Waals surface area contributed by atoms with E-state index in [4.69, 9.17) is 4.74 Å². The molecular weight excluding hydrogens is 459 g/mol. The van der Waals surface area contributed by atoms with Crippen molar-refractivity contribution in [1.82, 2.24) is 15.6 Å². The lowest BCUT2D eigenvalue weighted by molar-refractivity contribution is 0.0920. The number of nitrogens with zero attached hydrogens (tertiary/aromatic N) is 1. The maximum atomic E-state index is 13.8. The third kappa shape index (κ3) is 6.30. The minimum absolute atomic E-state index is 0.0664. The van der Waals surface area contributed by atoms with E-state index in [9.17, 15) is 23.1 Å². The minimum atomic E-state index is -1.11. The Morgan fingerprint density at radius 2 is 1.77 bits per heavy atom. The van der Waals surface area contributed by atoms with Gasteiger partial charge in [-0.25, -0.2) is 18.2 Å². The van der Waals surface area contributed by atoms with E-state index in [1.807, 2.05) is 19.1 Å². The molecule has 1 aliphatic carbocycles. The van der Waals surface area contributed by atoms with E-state index in [0.29, 0.717) is 19.4 Å². The third-order valence-corrected chi connectivity index (χ3v) is 6.05. The Balaban J connectivity index is 1.34. The summed E-state index contributed by atoms with van der Waals surface area (Å²) in [6.45, 7) is 2.52. The summed E-state index contributed by atoms with van der Waals surface area (Å²) in [4.78, 5) is 16.7. The van der Waals surface area contributed by atoms with Crippen LogP contribution in [-0.4, -0.2) is 28.1 Å². The van der Waals surface area contributed by atoms with Crippen molar-refractivity contribution in [3.05, 3.63) is 82.8 Å². The zero-order valence-corrected chi connectivity index (χ0v) is 19.2. The van der Waals surface area contributed by atoms with E-state index >= 15 is 0 Å². The summed E-state index contributed by atoms with van der Waals surface area (Å²) < 4.78 is 46.0. The molecule has 0 unspecified atom stereocenters. The molecule has 9 heteroatoms. The van der Waals surface area contributed by atoms with Gasteiger partial charge in [0.05, 0.1) is 6.20 Å². The van der Waals surface area contributed by atoms with Crippen LogP contribution >= 0.6 is 0 Å². The molecular formula is C26H26F3N3O3. The van der Waals surface area contributed by atoms with Crippen molar-refractivity contribution in [1.29, 1.82) is 0 Å². The molecule has 1 fully saturated rings.